The van der Waals surface area contributed by atoms with Gasteiger partial charge >= 0.3 is 0 Å². The Morgan fingerprint density at radius 3 is 2.82 bits per heavy atom. The summed E-state index contributed by atoms with van der Waals surface area (Å²) in [5.74, 6) is 2.94. The average molecular weight is 337 g/mol. The van der Waals surface area contributed by atoms with Crippen LogP contribution < -0.4 is 14.8 Å². The molecule has 0 radical (unpaired) electrons. The number of hydrogen-bond donors (Lipinski definition) is 1. The molecule has 7 heteroatoms. The summed E-state index contributed by atoms with van der Waals surface area (Å²) >= 11 is 11.2. The molecular formula is C15H13ClN2O3S. The summed E-state index contributed by atoms with van der Waals surface area (Å²) in [5, 5.41) is 3.52. The number of nitrogens with one attached hydrogen (secondary N) is 1. The molecule has 0 aromatic heterocycles. The minimum absolute atomic E-state index is 0.0790. The second kappa shape index (κ2) is 6.69. The topological polar surface area (TPSA) is 50.8 Å². The quantitative estimate of drug-likeness (QED) is 0.518. The van der Waals surface area contributed by atoms with E-state index in [0.717, 1.165) is 0 Å². The number of carbonyl (C=O) groups is 1. The highest BCUT2D eigenvalue weighted by atomic mass is 35.5. The van der Waals surface area contributed by atoms with Crippen LogP contribution in [-0.2, 0) is 4.79 Å². The third-order valence-corrected chi connectivity index (χ3v) is 3.60. The first-order valence-electron chi connectivity index (χ1n) is 6.22. The molecule has 0 aliphatic carbocycles. The Hall–Kier alpha value is -2.23. The molecule has 1 amide bonds. The van der Waals surface area contributed by atoms with Crippen molar-refractivity contribution in [2.24, 2.45) is 0 Å². The molecule has 1 N–H and O–H groups in total. The second-order valence-electron chi connectivity index (χ2n) is 4.38. The van der Waals surface area contributed by atoms with Crippen LogP contribution in [0, 0.1) is 12.3 Å². The van der Waals surface area contributed by atoms with E-state index in [9.17, 15) is 4.79 Å². The molecule has 1 aliphatic rings. The predicted molar refractivity (Wildman–Crippen MR) is 88.8 cm³/mol. The monoisotopic (exact) mass is 336 g/mol. The van der Waals surface area contributed by atoms with E-state index >= 15 is 0 Å². The molecule has 22 heavy (non-hydrogen) atoms. The standard InChI is InChI=1S/C15H13ClN2O3S/c1-4-5-21-13-10(16)6-9(8-12(13)20-3)7-11-14(19)18(2)15(22)17-11/h1,6-8H,5H2,2-3H3,(H,17,22). The molecule has 0 bridgehead atoms. The van der Waals surface area contributed by atoms with E-state index in [1.165, 1.54) is 12.0 Å². The second-order valence-corrected chi connectivity index (χ2v) is 5.17. The van der Waals surface area contributed by atoms with Gasteiger partial charge in [-0.3, -0.25) is 9.69 Å². The summed E-state index contributed by atoms with van der Waals surface area (Å²) in [6.07, 6.45) is 6.80. The SMILES string of the molecule is C#CCOc1c(Cl)cc(C=C2NC(=S)N(C)C2=O)cc1OC. The van der Waals surface area contributed by atoms with Gasteiger partial charge in [-0.1, -0.05) is 17.5 Å². The molecule has 5 nitrogen and oxygen atoms in total. The number of nitrogens with zero attached hydrogens (tertiary/aromatic N) is 1. The molecule has 0 saturated carbocycles. The first-order chi connectivity index (χ1) is 10.5. The molecule has 0 atom stereocenters. The van der Waals surface area contributed by atoms with E-state index in [0.29, 0.717) is 32.9 Å². The van der Waals surface area contributed by atoms with Crippen LogP contribution in [0.1, 0.15) is 5.56 Å². The minimum Gasteiger partial charge on any atom is -0.493 e. The fraction of sp³-hybridized carbons (Fsp3) is 0.200. The summed E-state index contributed by atoms with van der Waals surface area (Å²) in [5.41, 5.74) is 1.03. The van der Waals surface area contributed by atoms with Crippen molar-refractivity contribution in [2.75, 3.05) is 20.8 Å². The van der Waals surface area contributed by atoms with E-state index in [2.05, 4.69) is 11.2 Å². The van der Waals surface area contributed by atoms with Gasteiger partial charge in [-0.2, -0.15) is 0 Å². The Morgan fingerprint density at radius 2 is 2.27 bits per heavy atom. The molecule has 0 spiro atoms. The molecule has 1 aromatic carbocycles. The fourth-order valence-corrected chi connectivity index (χ4v) is 2.33. The Labute approximate surface area is 138 Å². The number of benzene rings is 1. The number of thiocarbonyl (C=S) groups is 1. The summed E-state index contributed by atoms with van der Waals surface area (Å²) in [6.45, 7) is 0.0790. The van der Waals surface area contributed by atoms with E-state index in [1.807, 2.05) is 0 Å². The first-order valence-corrected chi connectivity index (χ1v) is 7.01. The normalized spacial score (nSPS) is 15.7. The number of terminal acetylenes is 1. The molecule has 1 aromatic rings. The predicted octanol–water partition coefficient (Wildman–Crippen LogP) is 2.05. The summed E-state index contributed by atoms with van der Waals surface area (Å²) in [7, 11) is 3.09. The van der Waals surface area contributed by atoms with Gasteiger partial charge in [0.05, 0.1) is 12.1 Å². The van der Waals surface area contributed by atoms with Crippen molar-refractivity contribution < 1.29 is 14.3 Å². The number of rotatable bonds is 4. The third kappa shape index (κ3) is 3.16. The van der Waals surface area contributed by atoms with E-state index < -0.39 is 0 Å². The van der Waals surface area contributed by atoms with Gasteiger partial charge in [0.25, 0.3) is 5.91 Å². The van der Waals surface area contributed by atoms with Crippen LogP contribution in [0.4, 0.5) is 0 Å². The molecule has 1 saturated heterocycles. The van der Waals surface area contributed by atoms with Crippen LogP contribution in [-0.4, -0.2) is 36.7 Å². The van der Waals surface area contributed by atoms with E-state index in [-0.39, 0.29) is 12.5 Å². The number of likely N-dealkylation sites (N-methyl/N-ethyl adjacent to an activating group) is 1. The van der Waals surface area contributed by atoms with Crippen LogP contribution in [0.25, 0.3) is 6.08 Å². The first kappa shape index (κ1) is 16.1. The number of ether oxygens (including phenoxy) is 2. The molecule has 2 rings (SSSR count). The number of methoxy groups -OCH3 is 1. The largest absolute Gasteiger partial charge is 0.493 e. The van der Waals surface area contributed by atoms with Crippen molar-refractivity contribution in [1.29, 1.82) is 0 Å². The maximum atomic E-state index is 12.0. The molecule has 0 unspecified atom stereocenters. The molecule has 1 aliphatic heterocycles. The third-order valence-electron chi connectivity index (χ3n) is 2.94. The van der Waals surface area contributed by atoms with Crippen LogP contribution in [0.2, 0.25) is 5.02 Å². The van der Waals surface area contributed by atoms with Gasteiger partial charge < -0.3 is 14.8 Å². The van der Waals surface area contributed by atoms with Gasteiger partial charge in [0.1, 0.15) is 12.3 Å². The van der Waals surface area contributed by atoms with E-state index in [4.69, 9.17) is 39.7 Å². The Kier molecular flexibility index (Phi) is 4.91. The lowest BCUT2D eigenvalue weighted by Gasteiger charge is -2.11. The van der Waals surface area contributed by atoms with Gasteiger partial charge in [0, 0.05) is 7.05 Å². The summed E-state index contributed by atoms with van der Waals surface area (Å²) in [6, 6.07) is 3.35. The van der Waals surface area contributed by atoms with Crippen LogP contribution in [0.15, 0.2) is 17.8 Å². The number of amides is 1. The van der Waals surface area contributed by atoms with Crippen LogP contribution in [0.5, 0.6) is 11.5 Å². The van der Waals surface area contributed by atoms with Crippen molar-refractivity contribution in [2.45, 2.75) is 0 Å². The molecule has 1 fully saturated rings. The zero-order chi connectivity index (χ0) is 16.3. The Balaban J connectivity index is 2.38. The molecular weight excluding hydrogens is 324 g/mol. The highest BCUT2D eigenvalue weighted by Crippen LogP contribution is 2.37. The number of halogens is 1. The van der Waals surface area contributed by atoms with Gasteiger partial charge in [-0.05, 0) is 36.0 Å². The fourth-order valence-electron chi connectivity index (χ4n) is 1.87. The minimum atomic E-state index is -0.215. The van der Waals surface area contributed by atoms with Crippen LogP contribution >= 0.6 is 23.8 Å². The average Bonchev–Trinajstić information content (AvgIpc) is 2.73. The highest BCUT2D eigenvalue weighted by Gasteiger charge is 2.27. The lowest BCUT2D eigenvalue weighted by Crippen LogP contribution is -2.25. The molecule has 1 heterocycles. The zero-order valence-corrected chi connectivity index (χ0v) is 13.5. The van der Waals surface area contributed by atoms with Crippen molar-refractivity contribution in [3.05, 3.63) is 28.4 Å². The van der Waals surface area contributed by atoms with Gasteiger partial charge in [-0.15, -0.1) is 6.42 Å². The van der Waals surface area contributed by atoms with E-state index in [1.54, 1.807) is 25.3 Å². The zero-order valence-electron chi connectivity index (χ0n) is 12.0. The number of hydrogen-bond acceptors (Lipinski definition) is 4. The Morgan fingerprint density at radius 1 is 1.55 bits per heavy atom. The van der Waals surface area contributed by atoms with Gasteiger partial charge in [-0.25, -0.2) is 0 Å². The van der Waals surface area contributed by atoms with Gasteiger partial charge in [0.15, 0.2) is 16.6 Å². The smallest absolute Gasteiger partial charge is 0.276 e. The van der Waals surface area contributed by atoms with Crippen molar-refractivity contribution in [3.63, 3.8) is 0 Å². The lowest BCUT2D eigenvalue weighted by atomic mass is 10.1. The maximum Gasteiger partial charge on any atom is 0.276 e. The Bertz CT molecular complexity index is 709. The van der Waals surface area contributed by atoms with Crippen molar-refractivity contribution >= 4 is 40.9 Å². The summed E-state index contributed by atoms with van der Waals surface area (Å²) in [4.78, 5) is 13.3. The molecule has 114 valence electrons. The van der Waals surface area contributed by atoms with Gasteiger partial charge in [0.2, 0.25) is 0 Å². The number of carbonyl (C=O) groups excluding carboxylic acids is 1. The lowest BCUT2D eigenvalue weighted by molar-refractivity contribution is -0.121. The highest BCUT2D eigenvalue weighted by molar-refractivity contribution is 7.80. The summed E-state index contributed by atoms with van der Waals surface area (Å²) < 4.78 is 10.6. The maximum absolute atomic E-state index is 12.0. The van der Waals surface area contributed by atoms with Crippen molar-refractivity contribution in [3.8, 4) is 23.8 Å². The van der Waals surface area contributed by atoms with Crippen LogP contribution in [0.3, 0.4) is 0 Å². The van der Waals surface area contributed by atoms with Crippen molar-refractivity contribution in [1.82, 2.24) is 10.2 Å².